The third-order valence-corrected chi connectivity index (χ3v) is 5.82. The predicted octanol–water partition coefficient (Wildman–Crippen LogP) is 8.20. The predicted molar refractivity (Wildman–Crippen MR) is 145 cm³/mol. The molecule has 0 amide bonds. The van der Waals surface area contributed by atoms with Crippen LogP contribution in [-0.2, 0) is 4.74 Å². The maximum Gasteiger partial charge on any atom is 0.159 e. The number of nitrogens with zero attached hydrogens (tertiary/aromatic N) is 2. The van der Waals surface area contributed by atoms with Crippen LogP contribution in [0.15, 0.2) is 48.8 Å². The van der Waals surface area contributed by atoms with E-state index in [2.05, 4.69) is 36.0 Å². The largest absolute Gasteiger partial charge is 0.494 e. The van der Waals surface area contributed by atoms with Crippen molar-refractivity contribution in [1.29, 1.82) is 0 Å². The molecule has 2 rings (SSSR count). The van der Waals surface area contributed by atoms with Gasteiger partial charge in [0.2, 0.25) is 0 Å². The zero-order valence-electron chi connectivity index (χ0n) is 22.1. The summed E-state index contributed by atoms with van der Waals surface area (Å²) in [6.45, 7) is 7.43. The van der Waals surface area contributed by atoms with Crippen LogP contribution < -0.4 is 9.47 Å². The number of allylic oxidation sites excluding steroid dienone is 1. The number of unbranched alkanes of at least 4 members (excludes halogenated alkanes) is 9. The van der Waals surface area contributed by atoms with Crippen LogP contribution in [0, 0.1) is 0 Å². The standard InChI is InChI=1S/C30H46N2O3/c1-3-5-7-9-10-11-12-14-23-35-29-25-31-30(32-26-29)27-17-19-28(20-18-27)34-24-16-15-22-33-21-13-8-6-4-2/h12,14,17-20,25-26H,3-11,13,15-16,21-24H2,1-2H3/b14-12+. The Morgan fingerprint density at radius 2 is 1.26 bits per heavy atom. The van der Waals surface area contributed by atoms with Gasteiger partial charge in [-0.05, 0) is 56.4 Å². The summed E-state index contributed by atoms with van der Waals surface area (Å²) < 4.78 is 17.2. The van der Waals surface area contributed by atoms with Crippen molar-refractivity contribution in [2.75, 3.05) is 26.4 Å². The molecule has 0 atom stereocenters. The van der Waals surface area contributed by atoms with E-state index in [1.54, 1.807) is 12.4 Å². The minimum absolute atomic E-state index is 0.550. The summed E-state index contributed by atoms with van der Waals surface area (Å²) in [5.41, 5.74) is 0.961. The first-order valence-corrected chi connectivity index (χ1v) is 13.7. The Bertz CT molecular complexity index is 775. The van der Waals surface area contributed by atoms with Crippen LogP contribution >= 0.6 is 0 Å². The number of ether oxygens (including phenoxy) is 3. The molecule has 0 saturated heterocycles. The first-order valence-electron chi connectivity index (χ1n) is 13.7. The molecule has 0 aliphatic carbocycles. The van der Waals surface area contributed by atoms with Crippen molar-refractivity contribution in [3.63, 3.8) is 0 Å². The second-order valence-corrected chi connectivity index (χ2v) is 8.98. The van der Waals surface area contributed by atoms with Gasteiger partial charge >= 0.3 is 0 Å². The lowest BCUT2D eigenvalue weighted by molar-refractivity contribution is 0.122. The average Bonchev–Trinajstić information content (AvgIpc) is 2.89. The van der Waals surface area contributed by atoms with E-state index in [4.69, 9.17) is 14.2 Å². The Hall–Kier alpha value is -2.40. The molecule has 0 aliphatic rings. The highest BCUT2D eigenvalue weighted by atomic mass is 16.5. The first kappa shape index (κ1) is 28.8. The van der Waals surface area contributed by atoms with Crippen molar-refractivity contribution in [3.05, 3.63) is 48.8 Å². The van der Waals surface area contributed by atoms with Gasteiger partial charge < -0.3 is 14.2 Å². The fourth-order valence-electron chi connectivity index (χ4n) is 3.67. The third-order valence-electron chi connectivity index (χ3n) is 5.82. The van der Waals surface area contributed by atoms with Gasteiger partial charge in [-0.15, -0.1) is 0 Å². The highest BCUT2D eigenvalue weighted by Crippen LogP contribution is 2.20. The number of rotatable bonds is 21. The van der Waals surface area contributed by atoms with E-state index in [0.29, 0.717) is 24.8 Å². The van der Waals surface area contributed by atoms with Crippen molar-refractivity contribution in [2.24, 2.45) is 0 Å². The van der Waals surface area contributed by atoms with Crippen LogP contribution in [-0.4, -0.2) is 36.4 Å². The second kappa shape index (κ2) is 19.9. The van der Waals surface area contributed by atoms with Crippen LogP contribution in [0.5, 0.6) is 11.5 Å². The van der Waals surface area contributed by atoms with Crippen molar-refractivity contribution in [3.8, 4) is 22.9 Å². The molecule has 0 N–H and O–H groups in total. The van der Waals surface area contributed by atoms with Gasteiger partial charge in [-0.1, -0.05) is 70.9 Å². The fourth-order valence-corrected chi connectivity index (χ4v) is 3.67. The molecule has 194 valence electrons. The average molecular weight is 483 g/mol. The van der Waals surface area contributed by atoms with E-state index in [0.717, 1.165) is 43.8 Å². The Balaban J connectivity index is 1.58. The van der Waals surface area contributed by atoms with Crippen molar-refractivity contribution in [2.45, 2.75) is 90.9 Å². The topological polar surface area (TPSA) is 53.5 Å². The summed E-state index contributed by atoms with van der Waals surface area (Å²) in [6, 6.07) is 7.93. The Morgan fingerprint density at radius 1 is 0.629 bits per heavy atom. The number of benzene rings is 1. The van der Waals surface area contributed by atoms with Gasteiger partial charge in [0, 0.05) is 18.8 Å². The summed E-state index contributed by atoms with van der Waals surface area (Å²) in [5, 5.41) is 0. The minimum Gasteiger partial charge on any atom is -0.494 e. The van der Waals surface area contributed by atoms with Crippen LogP contribution in [0.25, 0.3) is 11.4 Å². The van der Waals surface area contributed by atoms with E-state index in [1.807, 2.05) is 24.3 Å². The summed E-state index contributed by atoms with van der Waals surface area (Å²) in [4.78, 5) is 8.90. The lowest BCUT2D eigenvalue weighted by Gasteiger charge is -2.08. The van der Waals surface area contributed by atoms with Crippen molar-refractivity contribution in [1.82, 2.24) is 9.97 Å². The number of hydrogen-bond donors (Lipinski definition) is 0. The summed E-state index contributed by atoms with van der Waals surface area (Å²) >= 11 is 0. The molecule has 5 heteroatoms. The zero-order chi connectivity index (χ0) is 24.8. The molecule has 1 aromatic carbocycles. The molecule has 0 bridgehead atoms. The normalized spacial score (nSPS) is 11.3. The summed E-state index contributed by atoms with van der Waals surface area (Å²) in [7, 11) is 0. The van der Waals surface area contributed by atoms with Crippen LogP contribution in [0.1, 0.15) is 90.9 Å². The van der Waals surface area contributed by atoms with Crippen molar-refractivity contribution >= 4 is 0 Å². The van der Waals surface area contributed by atoms with Gasteiger partial charge in [0.25, 0.3) is 0 Å². The molecular formula is C30H46N2O3. The van der Waals surface area contributed by atoms with E-state index in [-0.39, 0.29) is 0 Å². The lowest BCUT2D eigenvalue weighted by Crippen LogP contribution is -2.02. The quantitative estimate of drug-likeness (QED) is 0.133. The van der Waals surface area contributed by atoms with Gasteiger partial charge in [-0.25, -0.2) is 9.97 Å². The molecule has 1 heterocycles. The molecule has 0 fully saturated rings. The SMILES string of the molecule is CCCCCCC/C=C/COc1cnc(-c2ccc(OCCCCOCCCCCC)cc2)nc1. The highest BCUT2D eigenvalue weighted by molar-refractivity contribution is 5.56. The number of hydrogen-bond acceptors (Lipinski definition) is 5. The van der Waals surface area contributed by atoms with Gasteiger partial charge in [-0.3, -0.25) is 0 Å². The maximum absolute atomic E-state index is 5.85. The monoisotopic (exact) mass is 482 g/mol. The van der Waals surface area contributed by atoms with E-state index < -0.39 is 0 Å². The lowest BCUT2D eigenvalue weighted by atomic mass is 10.1. The Kier molecular flexibility index (Phi) is 16.4. The summed E-state index contributed by atoms with van der Waals surface area (Å²) in [5.74, 6) is 2.24. The smallest absolute Gasteiger partial charge is 0.159 e. The highest BCUT2D eigenvalue weighted by Gasteiger charge is 2.03. The van der Waals surface area contributed by atoms with E-state index in [9.17, 15) is 0 Å². The molecule has 2 aromatic rings. The molecular weight excluding hydrogens is 436 g/mol. The van der Waals surface area contributed by atoms with Crippen molar-refractivity contribution < 1.29 is 14.2 Å². The molecule has 5 nitrogen and oxygen atoms in total. The minimum atomic E-state index is 0.550. The third kappa shape index (κ3) is 13.9. The fraction of sp³-hybridized carbons (Fsp3) is 0.600. The molecule has 35 heavy (non-hydrogen) atoms. The van der Waals surface area contributed by atoms with Gasteiger partial charge in [0.05, 0.1) is 19.0 Å². The van der Waals surface area contributed by atoms with Crippen LogP contribution in [0.4, 0.5) is 0 Å². The molecule has 1 aromatic heterocycles. The van der Waals surface area contributed by atoms with E-state index in [1.165, 1.54) is 57.8 Å². The summed E-state index contributed by atoms with van der Waals surface area (Å²) in [6.07, 6.45) is 22.5. The first-order chi connectivity index (χ1) is 17.3. The Labute approximate surface area is 213 Å². The molecule has 0 aliphatic heterocycles. The molecule has 0 radical (unpaired) electrons. The van der Waals surface area contributed by atoms with Gasteiger partial charge in [0.1, 0.15) is 12.4 Å². The van der Waals surface area contributed by atoms with Crippen LogP contribution in [0.3, 0.4) is 0 Å². The number of aromatic nitrogens is 2. The molecule has 0 saturated carbocycles. The van der Waals surface area contributed by atoms with Gasteiger partial charge in [0.15, 0.2) is 11.6 Å². The van der Waals surface area contributed by atoms with Gasteiger partial charge in [-0.2, -0.15) is 0 Å². The van der Waals surface area contributed by atoms with E-state index >= 15 is 0 Å². The second-order valence-electron chi connectivity index (χ2n) is 8.98. The van der Waals surface area contributed by atoms with Crippen LogP contribution in [0.2, 0.25) is 0 Å². The molecule has 0 spiro atoms. The molecule has 0 unspecified atom stereocenters. The maximum atomic E-state index is 5.85. The zero-order valence-corrected chi connectivity index (χ0v) is 22.1. The Morgan fingerprint density at radius 3 is 1.97 bits per heavy atom.